The Labute approximate surface area is 176 Å². The van der Waals surface area contributed by atoms with Gasteiger partial charge in [0.05, 0.1) is 5.88 Å². The lowest BCUT2D eigenvalue weighted by Gasteiger charge is -2.33. The fourth-order valence-electron chi connectivity index (χ4n) is 3.96. The van der Waals surface area contributed by atoms with Gasteiger partial charge in [0.2, 0.25) is 5.91 Å². The van der Waals surface area contributed by atoms with E-state index in [0.29, 0.717) is 12.3 Å². The number of hydrogen-bond donors (Lipinski definition) is 3. The van der Waals surface area contributed by atoms with Gasteiger partial charge in [-0.3, -0.25) is 9.59 Å². The summed E-state index contributed by atoms with van der Waals surface area (Å²) in [5.74, 6) is -0.293. The summed E-state index contributed by atoms with van der Waals surface area (Å²) in [5.41, 5.74) is 7.10. The van der Waals surface area contributed by atoms with E-state index in [0.717, 1.165) is 24.8 Å². The quantitative estimate of drug-likeness (QED) is 0.614. The smallest absolute Gasteiger partial charge is 0.254 e. The Kier molecular flexibility index (Phi) is 7.03. The number of aliphatic hydroxyl groups excluding tert-OH is 1. The van der Waals surface area contributed by atoms with Crippen molar-refractivity contribution >= 4 is 23.6 Å². The summed E-state index contributed by atoms with van der Waals surface area (Å²) in [4.78, 5) is 27.6. The van der Waals surface area contributed by atoms with E-state index in [9.17, 15) is 14.7 Å². The molecule has 0 bridgehead atoms. The third-order valence-corrected chi connectivity index (χ3v) is 7.01. The third-order valence-electron chi connectivity index (χ3n) is 5.63. The fourth-order valence-corrected chi connectivity index (χ4v) is 5.10. The molecule has 2 aliphatic rings. The summed E-state index contributed by atoms with van der Waals surface area (Å²) in [6.45, 7) is 3.92. The van der Waals surface area contributed by atoms with E-state index in [4.69, 9.17) is 5.73 Å². The van der Waals surface area contributed by atoms with E-state index in [1.165, 1.54) is 4.90 Å². The first kappa shape index (κ1) is 21.9. The van der Waals surface area contributed by atoms with Crippen LogP contribution in [0.4, 0.5) is 0 Å². The third kappa shape index (κ3) is 5.21. The summed E-state index contributed by atoms with van der Waals surface area (Å²) in [7, 11) is 0. The molecule has 158 valence electrons. The molecule has 0 saturated carbocycles. The van der Waals surface area contributed by atoms with E-state index in [1.807, 2.05) is 50.3 Å². The molecule has 0 radical (unpaired) electrons. The predicted molar refractivity (Wildman–Crippen MR) is 116 cm³/mol. The van der Waals surface area contributed by atoms with Crippen LogP contribution in [-0.4, -0.2) is 56.7 Å². The SMILES string of the molecule is CC1(C)SCN(C(=O)[C@@H](O)C(N)Cc2ccccc2)[C@@H]1C(=O)N[C@@H]1C=CCCC1. The minimum atomic E-state index is -1.35. The largest absolute Gasteiger partial charge is 0.382 e. The Balaban J connectivity index is 1.69. The second-order valence-corrected chi connectivity index (χ2v) is 9.96. The number of thioether (sulfide) groups is 1. The minimum absolute atomic E-state index is 0.000127. The molecular weight excluding hydrogens is 386 g/mol. The molecule has 4 atom stereocenters. The molecule has 1 aliphatic heterocycles. The van der Waals surface area contributed by atoms with Gasteiger partial charge < -0.3 is 21.1 Å². The Bertz CT molecular complexity index is 753. The molecule has 2 amide bonds. The van der Waals surface area contributed by atoms with Crippen molar-refractivity contribution in [3.05, 3.63) is 48.0 Å². The van der Waals surface area contributed by atoms with Gasteiger partial charge in [0, 0.05) is 16.8 Å². The average Bonchev–Trinajstić information content (AvgIpc) is 3.03. The molecule has 1 aliphatic carbocycles. The van der Waals surface area contributed by atoms with Crippen LogP contribution < -0.4 is 11.1 Å². The van der Waals surface area contributed by atoms with Gasteiger partial charge >= 0.3 is 0 Å². The molecule has 1 heterocycles. The first-order chi connectivity index (χ1) is 13.8. The normalized spacial score (nSPS) is 25.4. The zero-order valence-electron chi connectivity index (χ0n) is 17.1. The van der Waals surface area contributed by atoms with Crippen molar-refractivity contribution < 1.29 is 14.7 Å². The molecule has 6 nitrogen and oxygen atoms in total. The van der Waals surface area contributed by atoms with Crippen LogP contribution in [0.3, 0.4) is 0 Å². The number of hydrogen-bond acceptors (Lipinski definition) is 5. The van der Waals surface area contributed by atoms with Crippen LogP contribution in [0.1, 0.15) is 38.7 Å². The van der Waals surface area contributed by atoms with Crippen LogP contribution >= 0.6 is 11.8 Å². The van der Waals surface area contributed by atoms with Crippen molar-refractivity contribution in [3.8, 4) is 0 Å². The van der Waals surface area contributed by atoms with Gasteiger partial charge in [-0.1, -0.05) is 42.5 Å². The Morgan fingerprint density at radius 1 is 1.34 bits per heavy atom. The Morgan fingerprint density at radius 2 is 2.07 bits per heavy atom. The summed E-state index contributed by atoms with van der Waals surface area (Å²) < 4.78 is -0.443. The monoisotopic (exact) mass is 417 g/mol. The summed E-state index contributed by atoms with van der Waals surface area (Å²) >= 11 is 1.54. The topological polar surface area (TPSA) is 95.7 Å². The van der Waals surface area contributed by atoms with Gasteiger partial charge in [0.1, 0.15) is 12.1 Å². The molecule has 1 unspecified atom stereocenters. The molecule has 7 heteroatoms. The minimum Gasteiger partial charge on any atom is -0.382 e. The number of nitrogens with zero attached hydrogens (tertiary/aromatic N) is 1. The van der Waals surface area contributed by atoms with Crippen molar-refractivity contribution in [1.82, 2.24) is 10.2 Å². The van der Waals surface area contributed by atoms with Crippen LogP contribution in [0.25, 0.3) is 0 Å². The highest BCUT2D eigenvalue weighted by Gasteiger charge is 2.49. The lowest BCUT2D eigenvalue weighted by molar-refractivity contribution is -0.147. The van der Waals surface area contributed by atoms with Crippen LogP contribution in [-0.2, 0) is 16.0 Å². The van der Waals surface area contributed by atoms with Gasteiger partial charge in [0.25, 0.3) is 5.91 Å². The zero-order chi connectivity index (χ0) is 21.0. The molecule has 1 aromatic rings. The first-order valence-electron chi connectivity index (χ1n) is 10.2. The summed E-state index contributed by atoms with van der Waals surface area (Å²) in [5, 5.41) is 13.7. The maximum Gasteiger partial charge on any atom is 0.254 e. The highest BCUT2D eigenvalue weighted by molar-refractivity contribution is 8.00. The second kappa shape index (κ2) is 9.32. The van der Waals surface area contributed by atoms with Crippen molar-refractivity contribution in [3.63, 3.8) is 0 Å². The summed E-state index contributed by atoms with van der Waals surface area (Å²) in [6.07, 6.45) is 6.12. The van der Waals surface area contributed by atoms with Gasteiger partial charge in [0.15, 0.2) is 0 Å². The molecule has 29 heavy (non-hydrogen) atoms. The number of rotatable bonds is 6. The van der Waals surface area contributed by atoms with Gasteiger partial charge in [-0.2, -0.15) is 0 Å². The van der Waals surface area contributed by atoms with Crippen molar-refractivity contribution in [2.45, 2.75) is 68.5 Å². The molecule has 1 fully saturated rings. The highest BCUT2D eigenvalue weighted by atomic mass is 32.2. The molecule has 1 saturated heterocycles. The van der Waals surface area contributed by atoms with Crippen LogP contribution in [0.2, 0.25) is 0 Å². The number of benzene rings is 1. The molecule has 4 N–H and O–H groups in total. The number of nitrogens with two attached hydrogens (primary N) is 1. The molecule has 3 rings (SSSR count). The standard InChI is InChI=1S/C22H31N3O3S/c1-22(2)19(20(27)24-16-11-7-4-8-12-16)25(14-29-22)21(28)18(26)17(23)13-15-9-5-3-6-10-15/h3,5-7,9-11,16-19,26H,4,8,12-14,23H2,1-2H3,(H,24,27)/t16-,17?,18+,19-/m1/s1. The molecular formula is C22H31N3O3S. The zero-order valence-corrected chi connectivity index (χ0v) is 17.9. The van der Waals surface area contributed by atoms with E-state index >= 15 is 0 Å². The lowest BCUT2D eigenvalue weighted by atomic mass is 9.96. The van der Waals surface area contributed by atoms with Crippen LogP contribution in [0.15, 0.2) is 42.5 Å². The van der Waals surface area contributed by atoms with E-state index in [2.05, 4.69) is 11.4 Å². The number of nitrogens with one attached hydrogen (secondary N) is 1. The summed E-state index contributed by atoms with van der Waals surface area (Å²) in [6, 6.07) is 8.16. The van der Waals surface area contributed by atoms with Crippen molar-refractivity contribution in [2.24, 2.45) is 5.73 Å². The van der Waals surface area contributed by atoms with Crippen molar-refractivity contribution in [1.29, 1.82) is 0 Å². The van der Waals surface area contributed by atoms with E-state index < -0.39 is 28.8 Å². The lowest BCUT2D eigenvalue weighted by Crippen LogP contribution is -2.58. The van der Waals surface area contributed by atoms with Gasteiger partial charge in [-0.25, -0.2) is 0 Å². The van der Waals surface area contributed by atoms with Crippen LogP contribution in [0.5, 0.6) is 0 Å². The second-order valence-electron chi connectivity index (χ2n) is 8.36. The van der Waals surface area contributed by atoms with Gasteiger partial charge in [-0.15, -0.1) is 11.8 Å². The number of allylic oxidation sites excluding steroid dienone is 1. The fraction of sp³-hybridized carbons (Fsp3) is 0.545. The number of amides is 2. The Hall–Kier alpha value is -1.83. The maximum absolute atomic E-state index is 13.1. The molecule has 1 aromatic carbocycles. The average molecular weight is 418 g/mol. The molecule has 0 spiro atoms. The highest BCUT2D eigenvalue weighted by Crippen LogP contribution is 2.40. The predicted octanol–water partition coefficient (Wildman–Crippen LogP) is 1.82. The van der Waals surface area contributed by atoms with Crippen molar-refractivity contribution in [2.75, 3.05) is 5.88 Å². The number of carbonyl (C=O) groups excluding carboxylic acids is 2. The van der Waals surface area contributed by atoms with E-state index in [-0.39, 0.29) is 11.9 Å². The maximum atomic E-state index is 13.1. The van der Waals surface area contributed by atoms with Gasteiger partial charge in [-0.05, 0) is 45.1 Å². The Morgan fingerprint density at radius 3 is 2.72 bits per heavy atom. The number of carbonyl (C=O) groups is 2. The first-order valence-corrected chi connectivity index (χ1v) is 11.2. The number of aliphatic hydroxyl groups is 1. The molecule has 0 aromatic heterocycles. The van der Waals surface area contributed by atoms with E-state index in [1.54, 1.807) is 11.8 Å². The van der Waals surface area contributed by atoms with Crippen LogP contribution in [0, 0.1) is 0 Å².